The van der Waals surface area contributed by atoms with Crippen molar-refractivity contribution in [2.24, 2.45) is 5.92 Å². The molecule has 1 aliphatic heterocycles. The van der Waals surface area contributed by atoms with Crippen LogP contribution in [0.2, 0.25) is 10.0 Å². The Labute approximate surface area is 150 Å². The average Bonchev–Trinajstić information content (AvgIpc) is 2.42. The van der Waals surface area contributed by atoms with Crippen LogP contribution in [0.25, 0.3) is 0 Å². The highest BCUT2D eigenvalue weighted by atomic mass is 35.5. The molecule has 1 aromatic rings. The van der Waals surface area contributed by atoms with E-state index in [1.807, 2.05) is 12.1 Å². The molecule has 1 saturated heterocycles. The number of rotatable bonds is 4. The lowest BCUT2D eigenvalue weighted by Gasteiger charge is -2.38. The largest absolute Gasteiger partial charge is 0.314 e. The van der Waals surface area contributed by atoms with Crippen LogP contribution >= 0.6 is 48.0 Å². The molecule has 1 unspecified atom stereocenters. The Hall–Kier alpha value is 0.300. The van der Waals surface area contributed by atoms with Crippen molar-refractivity contribution in [1.82, 2.24) is 10.2 Å². The summed E-state index contributed by atoms with van der Waals surface area (Å²) in [5, 5.41) is 4.90. The normalized spacial score (nSPS) is 18.3. The number of halogens is 4. The highest BCUT2D eigenvalue weighted by Crippen LogP contribution is 2.36. The van der Waals surface area contributed by atoms with E-state index in [0.29, 0.717) is 17.0 Å². The number of hydrogen-bond acceptors (Lipinski definition) is 2. The first-order chi connectivity index (χ1) is 9.13. The molecule has 1 aliphatic rings. The third-order valence-corrected chi connectivity index (χ3v) is 4.57. The molecule has 2 rings (SSSR count). The smallest absolute Gasteiger partial charge is 0.0468 e. The standard InChI is InChI=1S/C15H22Cl2N2.2ClH/c1-3-11(2)15(19-8-6-18-7-9-19)13-5-4-12(16)10-14(13)17;;/h4-5,10-11,15,18H,3,6-9H2,1-2H3;2*1H/t11?,15-;;/m1../s1. The fraction of sp³-hybridized carbons (Fsp3) is 0.600. The minimum atomic E-state index is 0. The lowest BCUT2D eigenvalue weighted by atomic mass is 9.90. The SMILES string of the molecule is CCC(C)[C@H](c1ccc(Cl)cc1Cl)N1CCNCC1.Cl.Cl. The summed E-state index contributed by atoms with van der Waals surface area (Å²) < 4.78 is 0. The summed E-state index contributed by atoms with van der Waals surface area (Å²) in [4.78, 5) is 2.54. The lowest BCUT2D eigenvalue weighted by Crippen LogP contribution is -2.46. The van der Waals surface area contributed by atoms with Gasteiger partial charge < -0.3 is 5.32 Å². The van der Waals surface area contributed by atoms with E-state index in [2.05, 4.69) is 30.1 Å². The van der Waals surface area contributed by atoms with Gasteiger partial charge in [0.25, 0.3) is 0 Å². The molecule has 1 N–H and O–H groups in total. The molecule has 0 radical (unpaired) electrons. The second-order valence-electron chi connectivity index (χ2n) is 5.28. The molecule has 0 amide bonds. The molecule has 1 fully saturated rings. The molecule has 0 aromatic heterocycles. The van der Waals surface area contributed by atoms with Gasteiger partial charge in [-0.2, -0.15) is 0 Å². The summed E-state index contributed by atoms with van der Waals surface area (Å²) in [7, 11) is 0. The van der Waals surface area contributed by atoms with E-state index in [0.717, 1.165) is 37.6 Å². The number of nitrogens with zero attached hydrogens (tertiary/aromatic N) is 1. The van der Waals surface area contributed by atoms with Crippen molar-refractivity contribution in [2.45, 2.75) is 26.3 Å². The van der Waals surface area contributed by atoms with Crippen molar-refractivity contribution in [2.75, 3.05) is 26.2 Å². The molecule has 21 heavy (non-hydrogen) atoms. The van der Waals surface area contributed by atoms with E-state index in [1.54, 1.807) is 0 Å². The highest BCUT2D eigenvalue weighted by Gasteiger charge is 2.27. The number of hydrogen-bond donors (Lipinski definition) is 1. The molecule has 0 aliphatic carbocycles. The van der Waals surface area contributed by atoms with Crippen LogP contribution < -0.4 is 5.32 Å². The zero-order chi connectivity index (χ0) is 13.8. The van der Waals surface area contributed by atoms with E-state index in [1.165, 1.54) is 5.56 Å². The van der Waals surface area contributed by atoms with Gasteiger partial charge in [-0.05, 0) is 23.6 Å². The minimum Gasteiger partial charge on any atom is -0.314 e. The Kier molecular flexibility index (Phi) is 10.3. The van der Waals surface area contributed by atoms with Gasteiger partial charge in [-0.1, -0.05) is 49.5 Å². The Morgan fingerprint density at radius 1 is 1.19 bits per heavy atom. The first kappa shape index (κ1) is 21.3. The molecular formula is C15H24Cl4N2. The molecule has 0 spiro atoms. The topological polar surface area (TPSA) is 15.3 Å². The second kappa shape index (κ2) is 10.1. The van der Waals surface area contributed by atoms with Crippen LogP contribution in [0.3, 0.4) is 0 Å². The Balaban J connectivity index is 0.00000200. The lowest BCUT2D eigenvalue weighted by molar-refractivity contribution is 0.128. The van der Waals surface area contributed by atoms with Crippen LogP contribution in [0.4, 0.5) is 0 Å². The van der Waals surface area contributed by atoms with Crippen molar-refractivity contribution < 1.29 is 0 Å². The van der Waals surface area contributed by atoms with Crippen molar-refractivity contribution in [1.29, 1.82) is 0 Å². The van der Waals surface area contributed by atoms with Gasteiger partial charge in [0.1, 0.15) is 0 Å². The maximum atomic E-state index is 6.42. The molecule has 122 valence electrons. The van der Waals surface area contributed by atoms with Gasteiger partial charge in [-0.25, -0.2) is 0 Å². The molecular weight excluding hydrogens is 350 g/mol. The average molecular weight is 374 g/mol. The second-order valence-corrected chi connectivity index (χ2v) is 6.13. The maximum Gasteiger partial charge on any atom is 0.0468 e. The van der Waals surface area contributed by atoms with Crippen LogP contribution in [0.5, 0.6) is 0 Å². The molecule has 6 heteroatoms. The summed E-state index contributed by atoms with van der Waals surface area (Å²) in [6, 6.07) is 6.27. The Morgan fingerprint density at radius 3 is 2.33 bits per heavy atom. The summed E-state index contributed by atoms with van der Waals surface area (Å²) in [6.07, 6.45) is 1.15. The Bertz CT molecular complexity index is 422. The van der Waals surface area contributed by atoms with E-state index < -0.39 is 0 Å². The molecule has 2 nitrogen and oxygen atoms in total. The quantitative estimate of drug-likeness (QED) is 0.812. The van der Waals surface area contributed by atoms with E-state index in [-0.39, 0.29) is 24.8 Å². The third kappa shape index (κ3) is 5.46. The predicted octanol–water partition coefficient (Wildman–Crippen LogP) is 4.83. The van der Waals surface area contributed by atoms with Crippen LogP contribution in [0, 0.1) is 5.92 Å². The fourth-order valence-corrected chi connectivity index (χ4v) is 3.31. The van der Waals surface area contributed by atoms with Crippen LogP contribution in [0.1, 0.15) is 31.9 Å². The monoisotopic (exact) mass is 372 g/mol. The summed E-state index contributed by atoms with van der Waals surface area (Å²) in [5.74, 6) is 0.580. The zero-order valence-electron chi connectivity index (χ0n) is 12.4. The predicted molar refractivity (Wildman–Crippen MR) is 97.6 cm³/mol. The number of piperazine rings is 1. The Morgan fingerprint density at radius 2 is 1.81 bits per heavy atom. The van der Waals surface area contributed by atoms with Crippen molar-refractivity contribution in [3.63, 3.8) is 0 Å². The van der Waals surface area contributed by atoms with Crippen LogP contribution in [0.15, 0.2) is 18.2 Å². The zero-order valence-corrected chi connectivity index (χ0v) is 15.6. The van der Waals surface area contributed by atoms with Gasteiger partial charge in [-0.3, -0.25) is 4.90 Å². The van der Waals surface area contributed by atoms with Crippen molar-refractivity contribution in [3.8, 4) is 0 Å². The molecule has 0 bridgehead atoms. The maximum absolute atomic E-state index is 6.42. The van der Waals surface area contributed by atoms with Crippen molar-refractivity contribution >= 4 is 48.0 Å². The van der Waals surface area contributed by atoms with E-state index in [9.17, 15) is 0 Å². The molecule has 0 saturated carbocycles. The highest BCUT2D eigenvalue weighted by molar-refractivity contribution is 6.35. The van der Waals surface area contributed by atoms with Crippen molar-refractivity contribution in [3.05, 3.63) is 33.8 Å². The molecule has 2 atom stereocenters. The van der Waals surface area contributed by atoms with Gasteiger partial charge in [0.15, 0.2) is 0 Å². The van der Waals surface area contributed by atoms with Gasteiger partial charge in [-0.15, -0.1) is 24.8 Å². The summed E-state index contributed by atoms with van der Waals surface area (Å²) >= 11 is 12.4. The number of nitrogens with one attached hydrogen (secondary N) is 1. The van der Waals surface area contributed by atoms with Crippen LogP contribution in [-0.2, 0) is 0 Å². The summed E-state index contributed by atoms with van der Waals surface area (Å²) in [6.45, 7) is 8.81. The number of benzene rings is 1. The first-order valence-electron chi connectivity index (χ1n) is 7.03. The van der Waals surface area contributed by atoms with Gasteiger partial charge >= 0.3 is 0 Å². The third-order valence-electron chi connectivity index (χ3n) is 4.01. The van der Waals surface area contributed by atoms with Gasteiger partial charge in [0, 0.05) is 42.3 Å². The fourth-order valence-electron chi connectivity index (χ4n) is 2.79. The van der Waals surface area contributed by atoms with Gasteiger partial charge in [0.05, 0.1) is 0 Å². The van der Waals surface area contributed by atoms with Gasteiger partial charge in [0.2, 0.25) is 0 Å². The van der Waals surface area contributed by atoms with E-state index in [4.69, 9.17) is 23.2 Å². The van der Waals surface area contributed by atoms with Crippen LogP contribution in [-0.4, -0.2) is 31.1 Å². The summed E-state index contributed by atoms with van der Waals surface area (Å²) in [5.41, 5.74) is 1.21. The first-order valence-corrected chi connectivity index (χ1v) is 7.78. The minimum absolute atomic E-state index is 0. The molecule has 1 heterocycles. The van der Waals surface area contributed by atoms with E-state index >= 15 is 0 Å². The molecule has 1 aromatic carbocycles.